The van der Waals surface area contributed by atoms with Crippen LogP contribution in [0.2, 0.25) is 0 Å². The number of benzene rings is 2. The van der Waals surface area contributed by atoms with Crippen LogP contribution in [0.1, 0.15) is 15.9 Å². The molecule has 2 aromatic carbocycles. The van der Waals surface area contributed by atoms with Crippen LogP contribution in [0.25, 0.3) is 11.3 Å². The second-order valence-electron chi connectivity index (χ2n) is 8.31. The topological polar surface area (TPSA) is 62.1 Å². The standard InChI is InChI=1S/C25H28F2N4O3/c1-29-11-13-30(14-12-29)25-21(23(28-34-25)18-7-9-19(26)10-8-18)17-31(15-16-33-2)24(32)20-5-3-4-6-22(20)27/h3-10H,11-17H2,1-2H3. The van der Waals surface area contributed by atoms with Crippen molar-refractivity contribution in [3.8, 4) is 11.3 Å². The fourth-order valence-corrected chi connectivity index (χ4v) is 3.99. The maximum atomic E-state index is 14.4. The molecule has 0 saturated carbocycles. The second-order valence-corrected chi connectivity index (χ2v) is 8.31. The van der Waals surface area contributed by atoms with Crippen LogP contribution in [0.15, 0.2) is 53.1 Å². The molecule has 1 aromatic heterocycles. The summed E-state index contributed by atoms with van der Waals surface area (Å²) in [4.78, 5) is 19.2. The van der Waals surface area contributed by atoms with E-state index in [4.69, 9.17) is 9.26 Å². The molecular weight excluding hydrogens is 442 g/mol. The molecule has 0 spiro atoms. The molecule has 0 atom stereocenters. The van der Waals surface area contributed by atoms with Crippen molar-refractivity contribution in [3.63, 3.8) is 0 Å². The van der Waals surface area contributed by atoms with Gasteiger partial charge in [-0.15, -0.1) is 0 Å². The van der Waals surface area contributed by atoms with E-state index in [-0.39, 0.29) is 31.1 Å². The Hall–Kier alpha value is -3.30. The van der Waals surface area contributed by atoms with Crippen molar-refractivity contribution in [3.05, 3.63) is 71.3 Å². The van der Waals surface area contributed by atoms with Crippen molar-refractivity contribution in [2.24, 2.45) is 0 Å². The van der Waals surface area contributed by atoms with Crippen LogP contribution in [0.4, 0.5) is 14.7 Å². The van der Waals surface area contributed by atoms with Crippen molar-refractivity contribution in [2.45, 2.75) is 6.54 Å². The predicted molar refractivity (Wildman–Crippen MR) is 125 cm³/mol. The van der Waals surface area contributed by atoms with Crippen LogP contribution in [-0.2, 0) is 11.3 Å². The van der Waals surface area contributed by atoms with E-state index >= 15 is 0 Å². The Balaban J connectivity index is 1.72. The highest BCUT2D eigenvalue weighted by Crippen LogP contribution is 2.33. The summed E-state index contributed by atoms with van der Waals surface area (Å²) in [6.45, 7) is 3.85. The summed E-state index contributed by atoms with van der Waals surface area (Å²) in [6, 6.07) is 11.9. The molecule has 0 aliphatic carbocycles. The van der Waals surface area contributed by atoms with Crippen molar-refractivity contribution >= 4 is 11.8 Å². The van der Waals surface area contributed by atoms with Gasteiger partial charge < -0.3 is 24.0 Å². The maximum absolute atomic E-state index is 14.4. The van der Waals surface area contributed by atoms with E-state index in [9.17, 15) is 13.6 Å². The molecule has 180 valence electrons. The number of halogens is 2. The molecule has 34 heavy (non-hydrogen) atoms. The average molecular weight is 471 g/mol. The van der Waals surface area contributed by atoms with Crippen LogP contribution in [0.3, 0.4) is 0 Å². The lowest BCUT2D eigenvalue weighted by Crippen LogP contribution is -2.45. The lowest BCUT2D eigenvalue weighted by atomic mass is 10.1. The average Bonchev–Trinajstić information content (AvgIpc) is 3.26. The van der Waals surface area contributed by atoms with Gasteiger partial charge in [-0.1, -0.05) is 17.3 Å². The number of amides is 1. The van der Waals surface area contributed by atoms with Gasteiger partial charge in [0.15, 0.2) is 0 Å². The highest BCUT2D eigenvalue weighted by molar-refractivity contribution is 5.94. The molecule has 1 aliphatic rings. The first kappa shape index (κ1) is 23.8. The van der Waals surface area contributed by atoms with Gasteiger partial charge in [-0.2, -0.15) is 0 Å². The summed E-state index contributed by atoms with van der Waals surface area (Å²) >= 11 is 0. The molecule has 0 radical (unpaired) electrons. The fraction of sp³-hybridized carbons (Fsp3) is 0.360. The van der Waals surface area contributed by atoms with Gasteiger partial charge in [0, 0.05) is 45.4 Å². The first-order valence-electron chi connectivity index (χ1n) is 11.2. The zero-order valence-corrected chi connectivity index (χ0v) is 19.3. The number of rotatable bonds is 8. The van der Waals surface area contributed by atoms with E-state index in [0.717, 1.165) is 26.2 Å². The van der Waals surface area contributed by atoms with Gasteiger partial charge in [-0.05, 0) is 43.4 Å². The Kier molecular flexibility index (Phi) is 7.54. The van der Waals surface area contributed by atoms with Gasteiger partial charge in [0.1, 0.15) is 17.3 Å². The van der Waals surface area contributed by atoms with Crippen molar-refractivity contribution in [2.75, 3.05) is 58.4 Å². The lowest BCUT2D eigenvalue weighted by Gasteiger charge is -2.33. The molecule has 3 aromatic rings. The summed E-state index contributed by atoms with van der Waals surface area (Å²) in [7, 11) is 3.60. The largest absolute Gasteiger partial charge is 0.383 e. The highest BCUT2D eigenvalue weighted by atomic mass is 19.1. The number of methoxy groups -OCH3 is 1. The SMILES string of the molecule is COCCN(Cc1c(-c2ccc(F)cc2)noc1N1CCN(C)CC1)C(=O)c1ccccc1F. The molecule has 9 heteroatoms. The Labute approximate surface area is 197 Å². The molecular formula is C25H28F2N4O3. The number of nitrogens with zero attached hydrogens (tertiary/aromatic N) is 4. The number of hydrogen-bond acceptors (Lipinski definition) is 6. The number of carbonyl (C=O) groups is 1. The number of piperazine rings is 1. The minimum Gasteiger partial charge on any atom is -0.383 e. The zero-order valence-electron chi connectivity index (χ0n) is 19.3. The van der Waals surface area contributed by atoms with Crippen molar-refractivity contribution < 1.29 is 22.8 Å². The summed E-state index contributed by atoms with van der Waals surface area (Å²) in [5, 5.41) is 4.30. The molecule has 4 rings (SSSR count). The van der Waals surface area contributed by atoms with E-state index < -0.39 is 11.7 Å². The molecule has 0 unspecified atom stereocenters. The van der Waals surface area contributed by atoms with Gasteiger partial charge in [0.2, 0.25) is 5.88 Å². The van der Waals surface area contributed by atoms with Crippen LogP contribution in [0.5, 0.6) is 0 Å². The zero-order chi connectivity index (χ0) is 24.1. The molecule has 0 N–H and O–H groups in total. The minimum atomic E-state index is -0.585. The number of ether oxygens (including phenoxy) is 1. The first-order chi connectivity index (χ1) is 16.5. The third-order valence-corrected chi connectivity index (χ3v) is 5.98. The van der Waals surface area contributed by atoms with E-state index in [1.807, 2.05) is 0 Å². The molecule has 1 saturated heterocycles. The lowest BCUT2D eigenvalue weighted by molar-refractivity contribution is 0.0676. The summed E-state index contributed by atoms with van der Waals surface area (Å²) < 4.78 is 39.0. The summed E-state index contributed by atoms with van der Waals surface area (Å²) in [5.74, 6) is -0.829. The van der Waals surface area contributed by atoms with E-state index in [0.29, 0.717) is 22.7 Å². The Bertz CT molecular complexity index is 1110. The number of likely N-dealkylation sites (N-methyl/N-ethyl adjacent to an activating group) is 1. The molecule has 0 bridgehead atoms. The Morgan fingerprint density at radius 1 is 1.09 bits per heavy atom. The predicted octanol–water partition coefficient (Wildman–Crippen LogP) is 3.66. The first-order valence-corrected chi connectivity index (χ1v) is 11.2. The molecule has 2 heterocycles. The van der Waals surface area contributed by atoms with Gasteiger partial charge in [0.25, 0.3) is 5.91 Å². The second kappa shape index (κ2) is 10.8. The number of anilines is 1. The van der Waals surface area contributed by atoms with Crippen LogP contribution in [-0.4, -0.2) is 74.4 Å². The number of aromatic nitrogens is 1. The normalized spacial score (nSPS) is 14.4. The Morgan fingerprint density at radius 2 is 1.79 bits per heavy atom. The molecule has 1 aliphatic heterocycles. The van der Waals surface area contributed by atoms with E-state index in [1.54, 1.807) is 31.4 Å². The highest BCUT2D eigenvalue weighted by Gasteiger charge is 2.28. The fourth-order valence-electron chi connectivity index (χ4n) is 3.99. The third-order valence-electron chi connectivity index (χ3n) is 5.98. The molecule has 1 fully saturated rings. The van der Waals surface area contributed by atoms with E-state index in [2.05, 4.69) is 22.0 Å². The Morgan fingerprint density at radius 3 is 2.47 bits per heavy atom. The third kappa shape index (κ3) is 5.26. The van der Waals surface area contributed by atoms with Crippen molar-refractivity contribution in [1.82, 2.24) is 15.0 Å². The van der Waals surface area contributed by atoms with Crippen LogP contribution in [0, 0.1) is 11.6 Å². The van der Waals surface area contributed by atoms with Gasteiger partial charge in [-0.25, -0.2) is 8.78 Å². The minimum absolute atomic E-state index is 0.0143. The van der Waals surface area contributed by atoms with Crippen molar-refractivity contribution in [1.29, 1.82) is 0 Å². The van der Waals surface area contributed by atoms with Gasteiger partial charge in [-0.3, -0.25) is 4.79 Å². The summed E-state index contributed by atoms with van der Waals surface area (Å²) in [5.41, 5.74) is 1.87. The smallest absolute Gasteiger partial charge is 0.257 e. The number of hydrogen-bond donors (Lipinski definition) is 0. The summed E-state index contributed by atoms with van der Waals surface area (Å²) in [6.07, 6.45) is 0. The molecule has 1 amide bonds. The van der Waals surface area contributed by atoms with Crippen LogP contribution >= 0.6 is 0 Å². The quantitative estimate of drug-likeness (QED) is 0.501. The monoisotopic (exact) mass is 470 g/mol. The van der Waals surface area contributed by atoms with Gasteiger partial charge >= 0.3 is 0 Å². The maximum Gasteiger partial charge on any atom is 0.257 e. The van der Waals surface area contributed by atoms with Gasteiger partial charge in [0.05, 0.1) is 24.3 Å². The van der Waals surface area contributed by atoms with Crippen LogP contribution < -0.4 is 4.90 Å². The van der Waals surface area contributed by atoms with E-state index in [1.165, 1.54) is 29.2 Å². The number of carbonyl (C=O) groups excluding carboxylic acids is 1. The molecule has 7 nitrogen and oxygen atoms in total.